The standard InChI is InChI=1S/C18H22N2O3S/c1-13-3-5-16(24-13)11-20-7-8-23-17-6-4-15(9-14(17)10-20)19-18(21)12-22-2/h3-6,9H,7-8,10-12H2,1-2H3,(H,19,21). The van der Waals surface area contributed by atoms with Gasteiger partial charge in [0.2, 0.25) is 5.91 Å². The van der Waals surface area contributed by atoms with Crippen LogP contribution in [0, 0.1) is 6.92 Å². The third-order valence-corrected chi connectivity index (χ3v) is 4.84. The Kier molecular flexibility index (Phi) is 5.50. The average Bonchev–Trinajstić information content (AvgIpc) is 2.83. The first-order chi connectivity index (χ1) is 11.6. The number of methoxy groups -OCH3 is 1. The molecule has 1 aromatic heterocycles. The van der Waals surface area contributed by atoms with Gasteiger partial charge in [-0.2, -0.15) is 0 Å². The van der Waals surface area contributed by atoms with Crippen LogP contribution in [-0.4, -0.2) is 37.7 Å². The van der Waals surface area contributed by atoms with E-state index in [1.165, 1.54) is 16.9 Å². The molecule has 6 heteroatoms. The van der Waals surface area contributed by atoms with E-state index in [1.807, 2.05) is 29.5 Å². The second-order valence-corrected chi connectivity index (χ2v) is 7.25. The monoisotopic (exact) mass is 346 g/mol. The summed E-state index contributed by atoms with van der Waals surface area (Å²) in [6.45, 7) is 5.47. The number of anilines is 1. The quantitative estimate of drug-likeness (QED) is 0.904. The van der Waals surface area contributed by atoms with Crippen LogP contribution in [0.5, 0.6) is 5.75 Å². The molecule has 0 fully saturated rings. The molecular weight excluding hydrogens is 324 g/mol. The minimum atomic E-state index is -0.155. The van der Waals surface area contributed by atoms with Gasteiger partial charge in [0.1, 0.15) is 19.0 Å². The Balaban J connectivity index is 1.72. The van der Waals surface area contributed by atoms with Gasteiger partial charge in [-0.25, -0.2) is 0 Å². The zero-order chi connectivity index (χ0) is 16.9. The van der Waals surface area contributed by atoms with Crippen molar-refractivity contribution in [2.45, 2.75) is 20.0 Å². The Morgan fingerprint density at radius 2 is 2.25 bits per heavy atom. The number of ether oxygens (including phenoxy) is 2. The molecular formula is C18H22N2O3S. The van der Waals surface area contributed by atoms with E-state index in [9.17, 15) is 4.79 Å². The minimum absolute atomic E-state index is 0.0530. The van der Waals surface area contributed by atoms with E-state index in [1.54, 1.807) is 0 Å². The third kappa shape index (κ3) is 4.35. The molecule has 0 saturated carbocycles. The minimum Gasteiger partial charge on any atom is -0.492 e. The van der Waals surface area contributed by atoms with Gasteiger partial charge in [0.05, 0.1) is 0 Å². The summed E-state index contributed by atoms with van der Waals surface area (Å²) in [6.07, 6.45) is 0. The summed E-state index contributed by atoms with van der Waals surface area (Å²) >= 11 is 1.83. The molecule has 1 amide bonds. The molecule has 3 rings (SSSR count). The van der Waals surface area contributed by atoms with E-state index in [0.717, 1.165) is 36.6 Å². The fourth-order valence-electron chi connectivity index (χ4n) is 2.78. The second kappa shape index (κ2) is 7.79. The first-order valence-electron chi connectivity index (χ1n) is 7.96. The topological polar surface area (TPSA) is 50.8 Å². The maximum Gasteiger partial charge on any atom is 0.250 e. The Morgan fingerprint density at radius 1 is 1.38 bits per heavy atom. The zero-order valence-electron chi connectivity index (χ0n) is 14.0. The first-order valence-corrected chi connectivity index (χ1v) is 8.78. The Hall–Kier alpha value is -1.89. The van der Waals surface area contributed by atoms with Gasteiger partial charge >= 0.3 is 0 Å². The lowest BCUT2D eigenvalue weighted by Crippen LogP contribution is -2.24. The van der Waals surface area contributed by atoms with Gasteiger partial charge in [0, 0.05) is 47.7 Å². The summed E-state index contributed by atoms with van der Waals surface area (Å²) in [7, 11) is 1.51. The number of fused-ring (bicyclic) bond motifs is 1. The molecule has 0 bridgehead atoms. The number of carbonyl (C=O) groups excluding carboxylic acids is 1. The lowest BCUT2D eigenvalue weighted by Gasteiger charge is -2.18. The molecule has 5 nitrogen and oxygen atoms in total. The average molecular weight is 346 g/mol. The number of hydrogen-bond acceptors (Lipinski definition) is 5. The van der Waals surface area contributed by atoms with Crippen molar-refractivity contribution in [1.82, 2.24) is 4.90 Å². The molecule has 1 aromatic carbocycles. The summed E-state index contributed by atoms with van der Waals surface area (Å²) in [5.74, 6) is 0.738. The van der Waals surface area contributed by atoms with E-state index >= 15 is 0 Å². The largest absolute Gasteiger partial charge is 0.492 e. The van der Waals surface area contributed by atoms with Crippen LogP contribution >= 0.6 is 11.3 Å². The van der Waals surface area contributed by atoms with Gasteiger partial charge in [-0.1, -0.05) is 0 Å². The molecule has 128 valence electrons. The smallest absolute Gasteiger partial charge is 0.250 e. The third-order valence-electron chi connectivity index (χ3n) is 3.85. The highest BCUT2D eigenvalue weighted by molar-refractivity contribution is 7.11. The van der Waals surface area contributed by atoms with Gasteiger partial charge in [-0.05, 0) is 37.3 Å². The van der Waals surface area contributed by atoms with Crippen molar-refractivity contribution >= 4 is 22.9 Å². The van der Waals surface area contributed by atoms with Crippen LogP contribution in [-0.2, 0) is 22.6 Å². The van der Waals surface area contributed by atoms with E-state index in [2.05, 4.69) is 29.3 Å². The van der Waals surface area contributed by atoms with Gasteiger partial charge in [-0.3, -0.25) is 9.69 Å². The molecule has 1 N–H and O–H groups in total. The second-order valence-electron chi connectivity index (χ2n) is 5.88. The van der Waals surface area contributed by atoms with Crippen LogP contribution in [0.25, 0.3) is 0 Å². The van der Waals surface area contributed by atoms with Gasteiger partial charge in [0.15, 0.2) is 0 Å². The predicted octanol–water partition coefficient (Wildman–Crippen LogP) is 3.04. The van der Waals surface area contributed by atoms with Crippen LogP contribution in [0.15, 0.2) is 30.3 Å². The lowest BCUT2D eigenvalue weighted by molar-refractivity contribution is -0.119. The van der Waals surface area contributed by atoms with Crippen molar-refractivity contribution in [2.75, 3.05) is 32.2 Å². The Bertz CT molecular complexity index is 714. The normalized spacial score (nSPS) is 14.6. The molecule has 0 aliphatic carbocycles. The maximum absolute atomic E-state index is 11.7. The van der Waals surface area contributed by atoms with Crippen LogP contribution in [0.2, 0.25) is 0 Å². The highest BCUT2D eigenvalue weighted by Crippen LogP contribution is 2.28. The molecule has 0 radical (unpaired) electrons. The van der Waals surface area contributed by atoms with Crippen molar-refractivity contribution < 1.29 is 14.3 Å². The summed E-state index contributed by atoms with van der Waals surface area (Å²) in [4.78, 5) is 16.7. The van der Waals surface area contributed by atoms with Gasteiger partial charge in [0.25, 0.3) is 0 Å². The maximum atomic E-state index is 11.7. The number of hydrogen-bond donors (Lipinski definition) is 1. The van der Waals surface area contributed by atoms with Crippen LogP contribution in [0.3, 0.4) is 0 Å². The Morgan fingerprint density at radius 3 is 3.00 bits per heavy atom. The molecule has 2 heterocycles. The van der Waals surface area contributed by atoms with Crippen molar-refractivity contribution in [1.29, 1.82) is 0 Å². The van der Waals surface area contributed by atoms with E-state index in [-0.39, 0.29) is 12.5 Å². The number of nitrogens with zero attached hydrogens (tertiary/aromatic N) is 1. The van der Waals surface area contributed by atoms with Crippen molar-refractivity contribution in [3.05, 3.63) is 45.6 Å². The van der Waals surface area contributed by atoms with Gasteiger partial charge in [-0.15, -0.1) is 11.3 Å². The summed E-state index contributed by atoms with van der Waals surface area (Å²) in [5.41, 5.74) is 1.87. The zero-order valence-corrected chi connectivity index (χ0v) is 14.8. The molecule has 0 spiro atoms. The highest BCUT2D eigenvalue weighted by Gasteiger charge is 2.17. The molecule has 1 aliphatic rings. The summed E-state index contributed by atoms with van der Waals surface area (Å²) in [6, 6.07) is 10.1. The van der Waals surface area contributed by atoms with E-state index in [4.69, 9.17) is 9.47 Å². The van der Waals surface area contributed by atoms with E-state index in [0.29, 0.717) is 6.61 Å². The predicted molar refractivity (Wildman–Crippen MR) is 95.6 cm³/mol. The molecule has 1 aliphatic heterocycles. The number of carbonyl (C=O) groups is 1. The highest BCUT2D eigenvalue weighted by atomic mass is 32.1. The van der Waals surface area contributed by atoms with Crippen molar-refractivity contribution in [3.8, 4) is 5.75 Å². The van der Waals surface area contributed by atoms with Crippen molar-refractivity contribution in [3.63, 3.8) is 0 Å². The summed E-state index contributed by atoms with van der Waals surface area (Å²) in [5, 5.41) is 2.85. The fraction of sp³-hybridized carbons (Fsp3) is 0.389. The van der Waals surface area contributed by atoms with Crippen LogP contribution in [0.4, 0.5) is 5.69 Å². The summed E-state index contributed by atoms with van der Waals surface area (Å²) < 4.78 is 10.7. The number of amides is 1. The number of benzene rings is 1. The first kappa shape index (κ1) is 17.0. The number of aryl methyl sites for hydroxylation is 1. The fourth-order valence-corrected chi connectivity index (χ4v) is 3.71. The number of thiophene rings is 1. The molecule has 0 saturated heterocycles. The van der Waals surface area contributed by atoms with Crippen molar-refractivity contribution in [2.24, 2.45) is 0 Å². The molecule has 24 heavy (non-hydrogen) atoms. The van der Waals surface area contributed by atoms with Crippen LogP contribution in [0.1, 0.15) is 15.3 Å². The molecule has 0 atom stereocenters. The Labute approximate surface area is 146 Å². The SMILES string of the molecule is COCC(=O)Nc1ccc2c(c1)CN(Cc1ccc(C)s1)CCO2. The lowest BCUT2D eigenvalue weighted by atomic mass is 10.1. The number of nitrogens with one attached hydrogen (secondary N) is 1. The van der Waals surface area contributed by atoms with E-state index < -0.39 is 0 Å². The van der Waals surface area contributed by atoms with Gasteiger partial charge < -0.3 is 14.8 Å². The molecule has 2 aromatic rings. The number of rotatable bonds is 5. The van der Waals surface area contributed by atoms with Crippen LogP contribution < -0.4 is 10.1 Å². The molecule has 0 unspecified atom stereocenters.